The number of ether oxygens (including phenoxy) is 4. The molecule has 0 radical (unpaired) electrons. The Kier molecular flexibility index (Phi) is 31.5. The summed E-state index contributed by atoms with van der Waals surface area (Å²) in [4.78, 5) is 25.3. The largest absolute Gasteiger partial charge is 0.462 e. The average Bonchev–Trinajstić information content (AvgIpc) is 3.17. The van der Waals surface area contributed by atoms with Crippen LogP contribution in [0.25, 0.3) is 0 Å². The maximum atomic E-state index is 12.8. The Morgan fingerprint density at radius 1 is 0.614 bits per heavy atom. The normalized spacial score (nSPS) is 21.1. The molecule has 0 spiro atoms. The predicted molar refractivity (Wildman–Crippen MR) is 224 cm³/mol. The van der Waals surface area contributed by atoms with E-state index < -0.39 is 71.2 Å². The molecule has 1 saturated heterocycles. The Hall–Kier alpha value is -2.65. The summed E-state index contributed by atoms with van der Waals surface area (Å²) in [5.74, 6) is -2.06. The van der Waals surface area contributed by atoms with Gasteiger partial charge in [-0.25, -0.2) is 0 Å². The van der Waals surface area contributed by atoms with Crippen molar-refractivity contribution in [3.05, 3.63) is 60.8 Å². The van der Waals surface area contributed by atoms with E-state index in [2.05, 4.69) is 62.5 Å². The highest BCUT2D eigenvalue weighted by Crippen LogP contribution is 2.24. The van der Waals surface area contributed by atoms with Crippen LogP contribution in [0.15, 0.2) is 60.8 Å². The van der Waals surface area contributed by atoms with Gasteiger partial charge in [0.05, 0.1) is 6.61 Å². The van der Waals surface area contributed by atoms with Crippen molar-refractivity contribution in [3.63, 3.8) is 0 Å². The molecule has 1 rings (SSSR count). The van der Waals surface area contributed by atoms with E-state index in [-0.39, 0.29) is 19.4 Å². The molecule has 328 valence electrons. The van der Waals surface area contributed by atoms with Gasteiger partial charge >= 0.3 is 11.9 Å². The average molecular weight is 827 g/mol. The number of aliphatic hydroxyl groups excluding tert-OH is 3. The van der Waals surface area contributed by atoms with Gasteiger partial charge in [0.2, 0.25) is 0 Å². The quantitative estimate of drug-likeness (QED) is 0.0211. The van der Waals surface area contributed by atoms with E-state index >= 15 is 0 Å². The minimum atomic E-state index is -4.61. The summed E-state index contributed by atoms with van der Waals surface area (Å²) in [5.41, 5.74) is 0. The number of aliphatic hydroxyl groups is 3. The van der Waals surface area contributed by atoms with Gasteiger partial charge in [-0.1, -0.05) is 145 Å². The molecular formula is C44H74O12S. The lowest BCUT2D eigenvalue weighted by molar-refractivity contribution is -0.297. The molecule has 1 aliphatic heterocycles. The van der Waals surface area contributed by atoms with Crippen LogP contribution in [0.4, 0.5) is 0 Å². The van der Waals surface area contributed by atoms with Crippen LogP contribution in [0, 0.1) is 0 Å². The summed E-state index contributed by atoms with van der Waals surface area (Å²) in [7, 11) is -4.61. The van der Waals surface area contributed by atoms with E-state index in [1.165, 1.54) is 51.4 Å². The SMILES string of the molecule is CC/C=C/C/C=C/C/C=C/C/C=C/C/C=C/CCCC(=O)O[C@H](COC(=O)CCCCCCCCCCCCCC)CO[C@H]1O[C@H](CS(=O)(=O)O)[C@@H](O)C(O)C1O. The Labute approximate surface area is 343 Å². The van der Waals surface area contributed by atoms with Crippen LogP contribution >= 0.6 is 0 Å². The highest BCUT2D eigenvalue weighted by Gasteiger charge is 2.46. The first-order valence-electron chi connectivity index (χ1n) is 21.3. The molecule has 57 heavy (non-hydrogen) atoms. The number of unbranched alkanes of at least 4 members (excludes halogenated alkanes) is 12. The second kappa shape index (κ2) is 34.2. The number of rotatable bonds is 34. The van der Waals surface area contributed by atoms with Gasteiger partial charge in [0.15, 0.2) is 12.4 Å². The first-order valence-corrected chi connectivity index (χ1v) is 23.0. The lowest BCUT2D eigenvalue weighted by atomic mass is 10.00. The topological polar surface area (TPSA) is 186 Å². The van der Waals surface area contributed by atoms with Crippen molar-refractivity contribution in [1.82, 2.24) is 0 Å². The first-order chi connectivity index (χ1) is 27.5. The Morgan fingerprint density at radius 3 is 1.63 bits per heavy atom. The van der Waals surface area contributed by atoms with Crippen LogP contribution in [-0.2, 0) is 38.7 Å². The maximum Gasteiger partial charge on any atom is 0.306 e. The van der Waals surface area contributed by atoms with Crippen molar-refractivity contribution in [2.45, 2.75) is 185 Å². The number of carbonyl (C=O) groups excluding carboxylic acids is 2. The van der Waals surface area contributed by atoms with E-state index in [1.807, 2.05) is 12.2 Å². The molecule has 0 saturated carbocycles. The highest BCUT2D eigenvalue weighted by atomic mass is 32.2. The molecule has 1 heterocycles. The van der Waals surface area contributed by atoms with Crippen LogP contribution < -0.4 is 0 Å². The number of hydrogen-bond donors (Lipinski definition) is 4. The van der Waals surface area contributed by atoms with Gasteiger partial charge in [0.1, 0.15) is 36.8 Å². The van der Waals surface area contributed by atoms with Crippen LogP contribution in [0.1, 0.15) is 149 Å². The van der Waals surface area contributed by atoms with Crippen molar-refractivity contribution in [3.8, 4) is 0 Å². The Balaban J connectivity index is 2.53. The molecule has 2 unspecified atom stereocenters. The molecule has 0 aromatic heterocycles. The molecule has 0 aliphatic carbocycles. The second-order valence-electron chi connectivity index (χ2n) is 14.6. The van der Waals surface area contributed by atoms with Gasteiger partial charge in [-0.05, 0) is 51.4 Å². The summed E-state index contributed by atoms with van der Waals surface area (Å²) >= 11 is 0. The standard InChI is InChI=1S/C44H74O12S/c1-3-5-7-9-11-13-15-17-18-19-20-21-23-25-27-29-31-33-40(46)55-37(35-54-44-43(49)42(48)41(47)38(56-44)36-57(50,51)52)34-53-39(45)32-30-28-26-24-22-16-14-12-10-8-6-4-2/h5,7,11,13,17-18,20-21,25,27,37-38,41-44,47-49H,3-4,6,8-10,12,14-16,19,22-24,26,28-36H2,1-2H3,(H,50,51,52)/b7-5+,13-11+,18-17+,21-20+,27-25+/t37-,38-,41-,42?,43?,44+/m1/s1. The third kappa shape index (κ3) is 29.2. The number of hydrogen-bond acceptors (Lipinski definition) is 11. The van der Waals surface area contributed by atoms with Gasteiger partial charge in [0.25, 0.3) is 10.1 Å². The van der Waals surface area contributed by atoms with E-state index in [1.54, 1.807) is 0 Å². The molecule has 6 atom stereocenters. The number of carbonyl (C=O) groups is 2. The van der Waals surface area contributed by atoms with Crippen molar-refractivity contribution in [1.29, 1.82) is 0 Å². The van der Waals surface area contributed by atoms with Gasteiger partial charge in [0, 0.05) is 12.8 Å². The van der Waals surface area contributed by atoms with Gasteiger partial charge in [-0.3, -0.25) is 14.1 Å². The molecule has 0 bridgehead atoms. The van der Waals surface area contributed by atoms with Crippen molar-refractivity contribution in [2.24, 2.45) is 0 Å². The smallest absolute Gasteiger partial charge is 0.306 e. The lowest BCUT2D eigenvalue weighted by Gasteiger charge is -2.40. The summed E-state index contributed by atoms with van der Waals surface area (Å²) in [5, 5.41) is 30.8. The van der Waals surface area contributed by atoms with Crippen LogP contribution in [0.5, 0.6) is 0 Å². The van der Waals surface area contributed by atoms with Gasteiger partial charge in [-0.15, -0.1) is 0 Å². The van der Waals surface area contributed by atoms with Gasteiger partial charge in [-0.2, -0.15) is 8.42 Å². The van der Waals surface area contributed by atoms with Crippen molar-refractivity contribution in [2.75, 3.05) is 19.0 Å². The molecule has 12 nitrogen and oxygen atoms in total. The second-order valence-corrected chi connectivity index (χ2v) is 16.1. The van der Waals surface area contributed by atoms with Crippen molar-refractivity contribution >= 4 is 22.1 Å². The van der Waals surface area contributed by atoms with E-state index in [0.717, 1.165) is 51.4 Å². The van der Waals surface area contributed by atoms with Crippen LogP contribution in [0.3, 0.4) is 0 Å². The number of esters is 2. The third-order valence-corrected chi connectivity index (χ3v) is 10.1. The van der Waals surface area contributed by atoms with Gasteiger partial charge < -0.3 is 34.3 Å². The van der Waals surface area contributed by atoms with E-state index in [9.17, 15) is 37.9 Å². The molecule has 13 heteroatoms. The zero-order valence-corrected chi connectivity index (χ0v) is 35.5. The fourth-order valence-corrected chi connectivity index (χ4v) is 6.75. The molecule has 0 amide bonds. The monoisotopic (exact) mass is 826 g/mol. The molecular weight excluding hydrogens is 753 g/mol. The van der Waals surface area contributed by atoms with E-state index in [0.29, 0.717) is 19.3 Å². The summed E-state index contributed by atoms with van der Waals surface area (Å²) in [6, 6.07) is 0. The Bertz CT molecular complexity index is 1290. The molecule has 0 aromatic rings. The zero-order chi connectivity index (χ0) is 42.0. The maximum absolute atomic E-state index is 12.8. The molecule has 4 N–H and O–H groups in total. The highest BCUT2D eigenvalue weighted by molar-refractivity contribution is 7.85. The first kappa shape index (κ1) is 52.4. The minimum Gasteiger partial charge on any atom is -0.462 e. The van der Waals surface area contributed by atoms with Crippen molar-refractivity contribution < 1.29 is 56.8 Å². The lowest BCUT2D eigenvalue weighted by Crippen LogP contribution is -2.60. The van der Waals surface area contributed by atoms with Crippen LogP contribution in [-0.4, -0.2) is 96.0 Å². The minimum absolute atomic E-state index is 0.0848. The molecule has 1 aliphatic rings. The zero-order valence-electron chi connectivity index (χ0n) is 34.7. The molecule has 0 aromatic carbocycles. The number of allylic oxidation sites excluding steroid dienone is 10. The summed E-state index contributed by atoms with van der Waals surface area (Å²) < 4.78 is 53.9. The summed E-state index contributed by atoms with van der Waals surface area (Å²) in [6.45, 7) is 3.57. The van der Waals surface area contributed by atoms with Crippen LogP contribution in [0.2, 0.25) is 0 Å². The Morgan fingerprint density at radius 2 is 1.11 bits per heavy atom. The van der Waals surface area contributed by atoms with E-state index in [4.69, 9.17) is 18.9 Å². The fourth-order valence-electron chi connectivity index (χ4n) is 6.06. The summed E-state index contributed by atoms with van der Waals surface area (Å²) in [6.07, 6.45) is 31.3. The predicted octanol–water partition coefficient (Wildman–Crippen LogP) is 8.17. The molecule has 1 fully saturated rings. The third-order valence-electron chi connectivity index (χ3n) is 9.36. The fraction of sp³-hybridized carbons (Fsp3) is 0.727.